The Bertz CT molecular complexity index is 1050. The highest BCUT2D eigenvalue weighted by Crippen LogP contribution is 2.44. The predicted octanol–water partition coefficient (Wildman–Crippen LogP) is 5.83. The molecule has 1 atom stereocenters. The molecule has 1 N–H and O–H groups in total. The van der Waals surface area contributed by atoms with Gasteiger partial charge in [0, 0.05) is 23.3 Å². The number of halogens is 1. The number of para-hydroxylation sites is 1. The van der Waals surface area contributed by atoms with Gasteiger partial charge in [-0.15, -0.1) is 0 Å². The first-order chi connectivity index (χ1) is 14.3. The Morgan fingerprint density at radius 1 is 1.30 bits per heavy atom. The first kappa shape index (κ1) is 20.7. The summed E-state index contributed by atoms with van der Waals surface area (Å²) in [4.78, 5) is 19.6. The third kappa shape index (κ3) is 3.88. The zero-order chi connectivity index (χ0) is 21.5. The van der Waals surface area contributed by atoms with Gasteiger partial charge >= 0.3 is 0 Å². The summed E-state index contributed by atoms with van der Waals surface area (Å²) in [5.41, 5.74) is 3.27. The van der Waals surface area contributed by atoms with Crippen molar-refractivity contribution in [3.63, 3.8) is 0 Å². The largest absolute Gasteiger partial charge is 0.366 e. The molecule has 2 aliphatic heterocycles. The van der Waals surface area contributed by atoms with Crippen molar-refractivity contribution >= 4 is 40.3 Å². The van der Waals surface area contributed by atoms with Gasteiger partial charge in [0.25, 0.3) is 5.91 Å². The number of carbonyl (C=O) groups is 1. The molecule has 30 heavy (non-hydrogen) atoms. The van der Waals surface area contributed by atoms with Gasteiger partial charge in [0.15, 0.2) is 5.17 Å². The van der Waals surface area contributed by atoms with Gasteiger partial charge in [-0.05, 0) is 80.8 Å². The normalized spacial score (nSPS) is 23.0. The fourth-order valence-electron chi connectivity index (χ4n) is 4.47. The number of carbonyl (C=O) groups excluding carboxylic acids is 1. The van der Waals surface area contributed by atoms with Gasteiger partial charge in [-0.25, -0.2) is 9.38 Å². The van der Waals surface area contributed by atoms with Crippen LogP contribution in [-0.2, 0) is 4.79 Å². The Kier molecular flexibility index (Phi) is 5.45. The van der Waals surface area contributed by atoms with Gasteiger partial charge < -0.3 is 10.2 Å². The number of nitrogens with one attached hydrogen (secondary N) is 1. The molecule has 0 aliphatic carbocycles. The first-order valence-corrected chi connectivity index (χ1v) is 11.1. The van der Waals surface area contributed by atoms with Crippen LogP contribution in [0.3, 0.4) is 0 Å². The highest BCUT2D eigenvalue weighted by atomic mass is 32.2. The molecule has 0 saturated carbocycles. The van der Waals surface area contributed by atoms with E-state index in [1.807, 2.05) is 36.4 Å². The third-order valence-electron chi connectivity index (χ3n) is 5.74. The van der Waals surface area contributed by atoms with Gasteiger partial charge in [0.1, 0.15) is 5.82 Å². The average molecular weight is 424 g/mol. The zero-order valence-electron chi connectivity index (χ0n) is 17.7. The van der Waals surface area contributed by atoms with Crippen LogP contribution in [-0.4, -0.2) is 23.2 Å². The highest BCUT2D eigenvalue weighted by molar-refractivity contribution is 8.18. The molecule has 2 aromatic carbocycles. The van der Waals surface area contributed by atoms with Crippen molar-refractivity contribution < 1.29 is 9.18 Å². The molecule has 156 valence electrons. The second-order valence-electron chi connectivity index (χ2n) is 8.41. The highest BCUT2D eigenvalue weighted by Gasteiger charge is 2.36. The summed E-state index contributed by atoms with van der Waals surface area (Å²) >= 11 is 1.23. The lowest BCUT2D eigenvalue weighted by Gasteiger charge is -2.47. The fourth-order valence-corrected chi connectivity index (χ4v) is 5.30. The first-order valence-electron chi connectivity index (χ1n) is 10.2. The van der Waals surface area contributed by atoms with Crippen molar-refractivity contribution in [3.05, 3.63) is 64.3 Å². The minimum absolute atomic E-state index is 0.0163. The van der Waals surface area contributed by atoms with E-state index >= 15 is 4.39 Å². The van der Waals surface area contributed by atoms with E-state index in [4.69, 9.17) is 0 Å². The maximum absolute atomic E-state index is 15.0. The lowest BCUT2D eigenvalue weighted by Crippen LogP contribution is -2.48. The van der Waals surface area contributed by atoms with Crippen LogP contribution in [0.15, 0.2) is 52.4 Å². The summed E-state index contributed by atoms with van der Waals surface area (Å²) in [7, 11) is 0. The second-order valence-corrected chi connectivity index (χ2v) is 9.44. The number of rotatable bonds is 3. The van der Waals surface area contributed by atoms with E-state index in [1.165, 1.54) is 11.8 Å². The van der Waals surface area contributed by atoms with Crippen LogP contribution in [0.5, 0.6) is 0 Å². The van der Waals surface area contributed by atoms with Crippen molar-refractivity contribution in [3.8, 4) is 0 Å². The molecule has 1 amide bonds. The standard InChI is InChI=1S/C24H26FN3OS/c1-5-28-20-13-19(25)16(11-18(20)15(2)14-24(28,3)4)12-21-22(29)27-23(30-21)26-17-9-7-6-8-10-17/h6-13,15H,5,14H2,1-4H3,(H,26,27,29)/b21-12+. The molecular weight excluding hydrogens is 397 g/mol. The van der Waals surface area contributed by atoms with Gasteiger partial charge in [-0.2, -0.15) is 0 Å². The lowest BCUT2D eigenvalue weighted by atomic mass is 9.79. The fraction of sp³-hybridized carbons (Fsp3) is 0.333. The molecule has 1 saturated heterocycles. The van der Waals surface area contributed by atoms with Crippen molar-refractivity contribution in [2.45, 2.75) is 45.6 Å². The number of nitrogens with zero attached hydrogens (tertiary/aromatic N) is 2. The zero-order valence-corrected chi connectivity index (χ0v) is 18.5. The molecule has 0 radical (unpaired) electrons. The van der Waals surface area contributed by atoms with Crippen LogP contribution < -0.4 is 10.2 Å². The molecule has 0 aromatic heterocycles. The van der Waals surface area contributed by atoms with Gasteiger partial charge in [-0.1, -0.05) is 25.1 Å². The number of amidine groups is 1. The quantitative estimate of drug-likeness (QED) is 0.632. The molecule has 4 rings (SSSR count). The minimum atomic E-state index is -0.313. The number of aliphatic imine (C=N–C) groups is 1. The monoisotopic (exact) mass is 423 g/mol. The smallest absolute Gasteiger partial charge is 0.264 e. The van der Waals surface area contributed by atoms with Gasteiger partial charge in [-0.3, -0.25) is 4.79 Å². The second kappa shape index (κ2) is 7.91. The Morgan fingerprint density at radius 2 is 2.03 bits per heavy atom. The summed E-state index contributed by atoms with van der Waals surface area (Å²) in [6.07, 6.45) is 2.63. The third-order valence-corrected chi connectivity index (χ3v) is 6.65. The summed E-state index contributed by atoms with van der Waals surface area (Å²) in [5, 5.41) is 3.27. The van der Waals surface area contributed by atoms with Crippen LogP contribution in [0.1, 0.15) is 51.2 Å². The minimum Gasteiger partial charge on any atom is -0.366 e. The van der Waals surface area contributed by atoms with Crippen LogP contribution in [0, 0.1) is 5.82 Å². The molecular formula is C24H26FN3OS. The predicted molar refractivity (Wildman–Crippen MR) is 124 cm³/mol. The van der Waals surface area contributed by atoms with E-state index in [0.717, 1.165) is 29.9 Å². The molecule has 2 heterocycles. The summed E-state index contributed by atoms with van der Waals surface area (Å²) < 4.78 is 15.0. The van der Waals surface area contributed by atoms with E-state index < -0.39 is 0 Å². The summed E-state index contributed by atoms with van der Waals surface area (Å²) in [6, 6.07) is 13.0. The van der Waals surface area contributed by atoms with Gasteiger partial charge in [0.05, 0.1) is 10.6 Å². The number of benzene rings is 2. The number of amides is 1. The molecule has 0 spiro atoms. The molecule has 0 bridgehead atoms. The van der Waals surface area contributed by atoms with Crippen molar-refractivity contribution in [2.75, 3.05) is 11.4 Å². The molecule has 1 fully saturated rings. The van der Waals surface area contributed by atoms with Crippen LogP contribution >= 0.6 is 11.8 Å². The van der Waals surface area contributed by atoms with E-state index in [2.05, 4.69) is 42.9 Å². The lowest BCUT2D eigenvalue weighted by molar-refractivity contribution is -0.115. The van der Waals surface area contributed by atoms with Crippen LogP contribution in [0.2, 0.25) is 0 Å². The van der Waals surface area contributed by atoms with Crippen molar-refractivity contribution in [1.29, 1.82) is 0 Å². The van der Waals surface area contributed by atoms with E-state index in [-0.39, 0.29) is 17.3 Å². The van der Waals surface area contributed by atoms with Crippen LogP contribution in [0.25, 0.3) is 6.08 Å². The topological polar surface area (TPSA) is 44.7 Å². The summed E-state index contributed by atoms with van der Waals surface area (Å²) in [6.45, 7) is 9.52. The number of anilines is 1. The molecule has 2 aromatic rings. The molecule has 4 nitrogen and oxygen atoms in total. The number of hydrogen-bond donors (Lipinski definition) is 1. The maximum atomic E-state index is 15.0. The molecule has 1 unspecified atom stereocenters. The summed E-state index contributed by atoms with van der Waals surface area (Å²) in [5.74, 6) is -0.251. The Morgan fingerprint density at radius 3 is 2.73 bits per heavy atom. The molecule has 6 heteroatoms. The van der Waals surface area contributed by atoms with E-state index in [9.17, 15) is 4.79 Å². The van der Waals surface area contributed by atoms with Crippen LogP contribution in [0.4, 0.5) is 15.8 Å². The Hall–Kier alpha value is -2.60. The SMILES string of the molecule is CCN1c2cc(F)c(/C=C3/SC(=Nc4ccccc4)NC3=O)cc2C(C)CC1(C)C. The molecule has 2 aliphatic rings. The van der Waals surface area contributed by atoms with E-state index in [1.54, 1.807) is 12.1 Å². The average Bonchev–Trinajstić information content (AvgIpc) is 3.02. The number of thioether (sulfide) groups is 1. The van der Waals surface area contributed by atoms with Crippen molar-refractivity contribution in [1.82, 2.24) is 5.32 Å². The van der Waals surface area contributed by atoms with Crippen molar-refractivity contribution in [2.24, 2.45) is 4.99 Å². The maximum Gasteiger partial charge on any atom is 0.264 e. The Labute approximate surface area is 181 Å². The van der Waals surface area contributed by atoms with Gasteiger partial charge in [0.2, 0.25) is 0 Å². The van der Waals surface area contributed by atoms with E-state index in [0.29, 0.717) is 21.6 Å². The number of hydrogen-bond acceptors (Lipinski definition) is 4. The number of fused-ring (bicyclic) bond motifs is 1. The Balaban J connectivity index is 1.67.